The quantitative estimate of drug-likeness (QED) is 0.515. The van der Waals surface area contributed by atoms with E-state index in [9.17, 15) is 18.4 Å². The number of hydrogen-bond donors (Lipinski definition) is 0. The Kier molecular flexibility index (Phi) is 5.03. The van der Waals surface area contributed by atoms with E-state index >= 15 is 0 Å². The lowest BCUT2D eigenvalue weighted by atomic mass is 10.2. The molecule has 0 radical (unpaired) electrons. The number of ether oxygens (including phenoxy) is 2. The average Bonchev–Trinajstić information content (AvgIpc) is 2.64. The SMILES string of the molecule is O=C(Oc1ccc(OC(=O)c2ccc(F)cc2)cc1)c1ccc(F)cc1. The highest BCUT2D eigenvalue weighted by molar-refractivity contribution is 5.91. The van der Waals surface area contributed by atoms with Gasteiger partial charge in [0, 0.05) is 0 Å². The van der Waals surface area contributed by atoms with Crippen molar-refractivity contribution in [3.63, 3.8) is 0 Å². The smallest absolute Gasteiger partial charge is 0.343 e. The molecule has 26 heavy (non-hydrogen) atoms. The summed E-state index contributed by atoms with van der Waals surface area (Å²) in [5.41, 5.74) is 0.413. The second-order valence-electron chi connectivity index (χ2n) is 5.26. The van der Waals surface area contributed by atoms with Gasteiger partial charge in [-0.1, -0.05) is 0 Å². The molecule has 6 heteroatoms. The molecule has 0 spiro atoms. The number of halogens is 2. The molecule has 0 amide bonds. The fraction of sp³-hybridized carbons (Fsp3) is 0. The fourth-order valence-corrected chi connectivity index (χ4v) is 2.08. The summed E-state index contributed by atoms with van der Waals surface area (Å²) in [5.74, 6) is -1.70. The van der Waals surface area contributed by atoms with Crippen molar-refractivity contribution in [2.24, 2.45) is 0 Å². The van der Waals surface area contributed by atoms with Crippen molar-refractivity contribution in [2.75, 3.05) is 0 Å². The predicted octanol–water partition coefficient (Wildman–Crippen LogP) is 4.40. The monoisotopic (exact) mass is 354 g/mol. The van der Waals surface area contributed by atoms with Crippen molar-refractivity contribution in [1.82, 2.24) is 0 Å². The van der Waals surface area contributed by atoms with Crippen molar-refractivity contribution < 1.29 is 27.8 Å². The number of esters is 2. The van der Waals surface area contributed by atoms with E-state index in [2.05, 4.69) is 0 Å². The molecule has 0 aromatic heterocycles. The number of benzene rings is 3. The maximum atomic E-state index is 12.9. The maximum Gasteiger partial charge on any atom is 0.343 e. The van der Waals surface area contributed by atoms with Crippen LogP contribution in [-0.2, 0) is 0 Å². The highest BCUT2D eigenvalue weighted by atomic mass is 19.1. The first-order valence-electron chi connectivity index (χ1n) is 7.57. The lowest BCUT2D eigenvalue weighted by Crippen LogP contribution is -2.09. The van der Waals surface area contributed by atoms with Gasteiger partial charge in [-0.2, -0.15) is 0 Å². The normalized spacial score (nSPS) is 10.2. The molecule has 0 fully saturated rings. The Balaban J connectivity index is 1.62. The third kappa shape index (κ3) is 4.30. The Morgan fingerprint density at radius 1 is 0.538 bits per heavy atom. The van der Waals surface area contributed by atoms with Crippen LogP contribution in [0.15, 0.2) is 72.8 Å². The molecule has 0 aliphatic heterocycles. The predicted molar refractivity (Wildman–Crippen MR) is 89.2 cm³/mol. The zero-order valence-electron chi connectivity index (χ0n) is 13.3. The second kappa shape index (κ2) is 7.57. The summed E-state index contributed by atoms with van der Waals surface area (Å²) >= 11 is 0. The molecule has 130 valence electrons. The molecule has 0 N–H and O–H groups in total. The van der Waals surface area contributed by atoms with Crippen molar-refractivity contribution in [2.45, 2.75) is 0 Å². The van der Waals surface area contributed by atoms with E-state index < -0.39 is 23.6 Å². The van der Waals surface area contributed by atoms with Crippen LogP contribution in [0.4, 0.5) is 8.78 Å². The summed E-state index contributed by atoms with van der Waals surface area (Å²) in [6, 6.07) is 15.7. The Labute approximate surface area is 147 Å². The summed E-state index contributed by atoms with van der Waals surface area (Å²) in [4.78, 5) is 23.9. The summed E-state index contributed by atoms with van der Waals surface area (Å²) in [7, 11) is 0. The van der Waals surface area contributed by atoms with Crippen LogP contribution < -0.4 is 9.47 Å². The third-order valence-electron chi connectivity index (χ3n) is 3.40. The van der Waals surface area contributed by atoms with Crippen molar-refractivity contribution in [3.05, 3.63) is 95.6 Å². The lowest BCUT2D eigenvalue weighted by Gasteiger charge is -2.07. The molecule has 4 nitrogen and oxygen atoms in total. The van der Waals surface area contributed by atoms with E-state index in [1.54, 1.807) is 0 Å². The maximum absolute atomic E-state index is 12.9. The number of carbonyl (C=O) groups excluding carboxylic acids is 2. The molecular weight excluding hydrogens is 342 g/mol. The van der Waals surface area contributed by atoms with E-state index in [1.165, 1.54) is 48.5 Å². The van der Waals surface area contributed by atoms with Crippen LogP contribution in [0, 0.1) is 11.6 Å². The third-order valence-corrected chi connectivity index (χ3v) is 3.40. The first-order chi connectivity index (χ1) is 12.5. The molecule has 0 atom stereocenters. The molecule has 3 aromatic carbocycles. The highest BCUT2D eigenvalue weighted by Gasteiger charge is 2.11. The second-order valence-corrected chi connectivity index (χ2v) is 5.26. The molecule has 3 aromatic rings. The van der Waals surface area contributed by atoms with E-state index in [4.69, 9.17) is 9.47 Å². The molecule has 0 heterocycles. The molecule has 0 unspecified atom stereocenters. The van der Waals surface area contributed by atoms with Gasteiger partial charge in [0.25, 0.3) is 0 Å². The minimum Gasteiger partial charge on any atom is -0.423 e. The van der Waals surface area contributed by atoms with Gasteiger partial charge in [0.1, 0.15) is 23.1 Å². The molecular formula is C20H12F2O4. The van der Waals surface area contributed by atoms with Gasteiger partial charge in [-0.15, -0.1) is 0 Å². The van der Waals surface area contributed by atoms with E-state index in [0.29, 0.717) is 0 Å². The number of rotatable bonds is 4. The van der Waals surface area contributed by atoms with Gasteiger partial charge in [0.05, 0.1) is 11.1 Å². The number of hydrogen-bond acceptors (Lipinski definition) is 4. The Bertz CT molecular complexity index is 839. The van der Waals surface area contributed by atoms with Gasteiger partial charge in [-0.05, 0) is 72.8 Å². The Morgan fingerprint density at radius 3 is 1.15 bits per heavy atom. The summed E-state index contributed by atoms with van der Waals surface area (Å²) in [6.07, 6.45) is 0. The first-order valence-corrected chi connectivity index (χ1v) is 7.57. The largest absolute Gasteiger partial charge is 0.423 e. The van der Waals surface area contributed by atoms with Gasteiger partial charge in [0.2, 0.25) is 0 Å². The van der Waals surface area contributed by atoms with Gasteiger partial charge >= 0.3 is 11.9 Å². The molecule has 0 saturated carbocycles. The summed E-state index contributed by atoms with van der Waals surface area (Å²) < 4.78 is 36.0. The van der Waals surface area contributed by atoms with Crippen molar-refractivity contribution in [3.8, 4) is 11.5 Å². The van der Waals surface area contributed by atoms with Crippen LogP contribution in [-0.4, -0.2) is 11.9 Å². The average molecular weight is 354 g/mol. The summed E-state index contributed by atoms with van der Waals surface area (Å²) in [6.45, 7) is 0. The minimum absolute atomic E-state index is 0.207. The Hall–Kier alpha value is -3.54. The van der Waals surface area contributed by atoms with Crippen LogP contribution in [0.2, 0.25) is 0 Å². The van der Waals surface area contributed by atoms with Gasteiger partial charge in [0.15, 0.2) is 0 Å². The van der Waals surface area contributed by atoms with Crippen LogP contribution in [0.1, 0.15) is 20.7 Å². The van der Waals surface area contributed by atoms with Crippen molar-refractivity contribution in [1.29, 1.82) is 0 Å². The first kappa shape index (κ1) is 17.3. The Morgan fingerprint density at radius 2 is 0.846 bits per heavy atom. The molecule has 0 aliphatic carbocycles. The van der Waals surface area contributed by atoms with Crippen LogP contribution in [0.25, 0.3) is 0 Å². The van der Waals surface area contributed by atoms with Crippen molar-refractivity contribution >= 4 is 11.9 Å². The summed E-state index contributed by atoms with van der Waals surface area (Å²) in [5, 5.41) is 0. The molecule has 3 rings (SSSR count). The van der Waals surface area contributed by atoms with Gasteiger partial charge < -0.3 is 9.47 Å². The van der Waals surface area contributed by atoms with Crippen LogP contribution in [0.5, 0.6) is 11.5 Å². The van der Waals surface area contributed by atoms with E-state index in [1.807, 2.05) is 0 Å². The van der Waals surface area contributed by atoms with E-state index in [0.717, 1.165) is 24.3 Å². The standard InChI is InChI=1S/C20H12F2O4/c21-15-5-1-13(2-6-15)19(23)25-17-9-11-18(12-10-17)26-20(24)14-3-7-16(22)8-4-14/h1-12H. The zero-order valence-corrected chi connectivity index (χ0v) is 13.3. The fourth-order valence-electron chi connectivity index (χ4n) is 2.08. The van der Waals surface area contributed by atoms with Gasteiger partial charge in [-0.3, -0.25) is 0 Å². The van der Waals surface area contributed by atoms with Crippen LogP contribution in [0.3, 0.4) is 0 Å². The molecule has 0 saturated heterocycles. The molecule has 0 bridgehead atoms. The van der Waals surface area contributed by atoms with Crippen LogP contribution >= 0.6 is 0 Å². The highest BCUT2D eigenvalue weighted by Crippen LogP contribution is 2.20. The lowest BCUT2D eigenvalue weighted by molar-refractivity contribution is 0.0719. The topological polar surface area (TPSA) is 52.6 Å². The molecule has 0 aliphatic rings. The minimum atomic E-state index is -0.638. The number of carbonyl (C=O) groups is 2. The zero-order chi connectivity index (χ0) is 18.5. The van der Waals surface area contributed by atoms with E-state index in [-0.39, 0.29) is 22.6 Å². The van der Waals surface area contributed by atoms with Gasteiger partial charge in [-0.25, -0.2) is 18.4 Å².